The second-order valence-corrected chi connectivity index (χ2v) is 6.28. The van der Waals surface area contributed by atoms with Crippen LogP contribution in [0, 0.1) is 0 Å². The molecular weight excluding hydrogens is 344 g/mol. The van der Waals surface area contributed by atoms with Gasteiger partial charge in [-0.15, -0.1) is 8.78 Å². The summed E-state index contributed by atoms with van der Waals surface area (Å²) in [5.74, 6) is -0.517. The minimum Gasteiger partial charge on any atom is -0.395 e. The van der Waals surface area contributed by atoms with Crippen LogP contribution in [-0.4, -0.2) is 21.6 Å². The van der Waals surface area contributed by atoms with Gasteiger partial charge < -0.3 is 19.2 Å². The number of benzene rings is 1. The van der Waals surface area contributed by atoms with E-state index in [1.807, 2.05) is 28.8 Å². The smallest absolute Gasteiger partial charge is 0.395 e. The van der Waals surface area contributed by atoms with Crippen LogP contribution in [0.2, 0.25) is 0 Å². The molecule has 8 heteroatoms. The molecule has 1 atom stereocenters. The Hall–Kier alpha value is -3.16. The van der Waals surface area contributed by atoms with E-state index in [9.17, 15) is 13.6 Å². The van der Waals surface area contributed by atoms with Gasteiger partial charge >= 0.3 is 6.29 Å². The number of rotatable bonds is 1. The van der Waals surface area contributed by atoms with Gasteiger partial charge in [0.1, 0.15) is 5.65 Å². The molecule has 1 aromatic carbocycles. The molecule has 4 heterocycles. The number of amides is 1. The number of nitrogens with zero attached hydrogens (tertiary/aromatic N) is 2. The number of ether oxygens (including phenoxy) is 2. The van der Waals surface area contributed by atoms with Crippen LogP contribution in [0.4, 0.5) is 8.78 Å². The lowest BCUT2D eigenvalue weighted by atomic mass is 9.91. The van der Waals surface area contributed by atoms with E-state index in [1.165, 1.54) is 12.1 Å². The molecule has 5 rings (SSSR count). The minimum atomic E-state index is -3.67. The molecule has 132 valence electrons. The summed E-state index contributed by atoms with van der Waals surface area (Å²) in [6.45, 7) is 0.328. The Labute approximate surface area is 146 Å². The number of nitrogens with one attached hydrogen (secondary N) is 1. The van der Waals surface area contributed by atoms with Gasteiger partial charge in [0.15, 0.2) is 11.5 Å². The summed E-state index contributed by atoms with van der Waals surface area (Å²) in [6.07, 6.45) is -1.60. The van der Waals surface area contributed by atoms with E-state index >= 15 is 0 Å². The van der Waals surface area contributed by atoms with Crippen molar-refractivity contribution in [2.45, 2.75) is 25.2 Å². The molecule has 2 aliphatic rings. The first-order valence-corrected chi connectivity index (χ1v) is 8.12. The zero-order valence-corrected chi connectivity index (χ0v) is 13.4. The fraction of sp³-hybridized carbons (Fsp3) is 0.222. The minimum absolute atomic E-state index is 0.0183. The molecule has 0 radical (unpaired) electrons. The van der Waals surface area contributed by atoms with Crippen LogP contribution >= 0.6 is 0 Å². The predicted octanol–water partition coefficient (Wildman–Crippen LogP) is 2.81. The van der Waals surface area contributed by atoms with Crippen LogP contribution in [0.3, 0.4) is 0 Å². The number of hydrogen-bond acceptors (Lipinski definition) is 4. The van der Waals surface area contributed by atoms with E-state index in [-0.39, 0.29) is 29.7 Å². The highest BCUT2D eigenvalue weighted by Gasteiger charge is 2.43. The maximum atomic E-state index is 13.3. The lowest BCUT2D eigenvalue weighted by Crippen LogP contribution is -2.25. The Morgan fingerprint density at radius 3 is 2.92 bits per heavy atom. The van der Waals surface area contributed by atoms with Crippen molar-refractivity contribution in [2.24, 2.45) is 0 Å². The standard InChI is InChI=1S/C18H13F2N3O3/c19-18(20)25-13-5-4-10(7-14(13)26-18)11-8-16(24)21-9-12-17(11)23-6-2-1-3-15(23)22-12/h1-7,11H,8-9H2,(H,21,24)/t11-/m0/s1. The summed E-state index contributed by atoms with van der Waals surface area (Å²) in [5, 5.41) is 2.84. The van der Waals surface area contributed by atoms with Crippen LogP contribution in [0.1, 0.15) is 29.3 Å². The van der Waals surface area contributed by atoms with Crippen molar-refractivity contribution in [1.29, 1.82) is 0 Å². The van der Waals surface area contributed by atoms with Gasteiger partial charge in [0.2, 0.25) is 5.91 Å². The van der Waals surface area contributed by atoms with Crippen molar-refractivity contribution >= 4 is 11.6 Å². The average molecular weight is 357 g/mol. The highest BCUT2D eigenvalue weighted by Crippen LogP contribution is 2.44. The van der Waals surface area contributed by atoms with E-state index in [1.54, 1.807) is 6.07 Å². The molecule has 2 aliphatic heterocycles. The maximum Gasteiger partial charge on any atom is 0.586 e. The number of fused-ring (bicyclic) bond motifs is 4. The first kappa shape index (κ1) is 15.1. The van der Waals surface area contributed by atoms with Gasteiger partial charge in [0, 0.05) is 18.5 Å². The SMILES string of the molecule is O=C1C[C@@H](c2ccc3c(c2)OC(F)(F)O3)c2c(nc3ccccn23)CN1. The number of pyridine rings is 1. The van der Waals surface area contributed by atoms with Gasteiger partial charge in [-0.2, -0.15) is 0 Å². The van der Waals surface area contributed by atoms with Gasteiger partial charge in [0.05, 0.1) is 17.9 Å². The van der Waals surface area contributed by atoms with Crippen LogP contribution in [-0.2, 0) is 11.3 Å². The second kappa shape index (κ2) is 5.17. The number of halogens is 2. The highest BCUT2D eigenvalue weighted by molar-refractivity contribution is 5.78. The fourth-order valence-electron chi connectivity index (χ4n) is 3.56. The second-order valence-electron chi connectivity index (χ2n) is 6.28. The van der Waals surface area contributed by atoms with E-state index in [0.29, 0.717) is 12.1 Å². The van der Waals surface area contributed by atoms with Crippen LogP contribution in [0.15, 0.2) is 42.6 Å². The molecule has 0 bridgehead atoms. The van der Waals surface area contributed by atoms with Gasteiger partial charge in [-0.25, -0.2) is 4.98 Å². The van der Waals surface area contributed by atoms with Crippen molar-refractivity contribution in [1.82, 2.24) is 14.7 Å². The quantitative estimate of drug-likeness (QED) is 0.727. The third-order valence-corrected chi connectivity index (χ3v) is 4.64. The molecule has 0 saturated heterocycles. The molecule has 1 N–H and O–H groups in total. The van der Waals surface area contributed by atoms with Crippen molar-refractivity contribution in [3.05, 3.63) is 59.5 Å². The Morgan fingerprint density at radius 2 is 2.04 bits per heavy atom. The topological polar surface area (TPSA) is 64.9 Å². The number of carbonyl (C=O) groups is 1. The first-order valence-electron chi connectivity index (χ1n) is 8.12. The molecule has 0 fully saturated rings. The molecule has 2 aromatic heterocycles. The molecule has 0 spiro atoms. The van der Waals surface area contributed by atoms with Crippen molar-refractivity contribution in [3.8, 4) is 11.5 Å². The molecular formula is C18H13F2N3O3. The monoisotopic (exact) mass is 357 g/mol. The summed E-state index contributed by atoms with van der Waals surface area (Å²) >= 11 is 0. The first-order chi connectivity index (χ1) is 12.5. The van der Waals surface area contributed by atoms with Crippen LogP contribution in [0.5, 0.6) is 11.5 Å². The zero-order valence-electron chi connectivity index (χ0n) is 13.4. The lowest BCUT2D eigenvalue weighted by molar-refractivity contribution is -0.286. The summed E-state index contributed by atoms with van der Waals surface area (Å²) in [5.41, 5.74) is 3.08. The average Bonchev–Trinajstić information content (AvgIpc) is 3.07. The number of hydrogen-bond donors (Lipinski definition) is 1. The van der Waals surface area contributed by atoms with E-state index in [4.69, 9.17) is 0 Å². The summed E-state index contributed by atoms with van der Waals surface area (Å²) in [4.78, 5) is 16.8. The van der Waals surface area contributed by atoms with Crippen molar-refractivity contribution in [3.63, 3.8) is 0 Å². The third-order valence-electron chi connectivity index (χ3n) is 4.64. The van der Waals surface area contributed by atoms with Crippen LogP contribution in [0.25, 0.3) is 5.65 Å². The van der Waals surface area contributed by atoms with E-state index < -0.39 is 6.29 Å². The largest absolute Gasteiger partial charge is 0.586 e. The summed E-state index contributed by atoms with van der Waals surface area (Å²) < 4.78 is 37.6. The van der Waals surface area contributed by atoms with E-state index in [0.717, 1.165) is 17.0 Å². The normalized spacial score (nSPS) is 20.5. The number of carbonyl (C=O) groups excluding carboxylic acids is 1. The number of imidazole rings is 1. The number of alkyl halides is 2. The van der Waals surface area contributed by atoms with Gasteiger partial charge in [-0.1, -0.05) is 12.1 Å². The van der Waals surface area contributed by atoms with Crippen LogP contribution < -0.4 is 14.8 Å². The summed E-state index contributed by atoms with van der Waals surface area (Å²) in [6, 6.07) is 10.3. The predicted molar refractivity (Wildman–Crippen MR) is 86.1 cm³/mol. The number of aromatic nitrogens is 2. The van der Waals surface area contributed by atoms with Gasteiger partial charge in [-0.05, 0) is 29.8 Å². The summed E-state index contributed by atoms with van der Waals surface area (Å²) in [7, 11) is 0. The Kier molecular flexibility index (Phi) is 3.01. The van der Waals surface area contributed by atoms with Crippen molar-refractivity contribution < 1.29 is 23.0 Å². The van der Waals surface area contributed by atoms with Gasteiger partial charge in [-0.3, -0.25) is 4.79 Å². The Bertz CT molecular complexity index is 1050. The molecule has 0 unspecified atom stereocenters. The molecule has 3 aromatic rings. The highest BCUT2D eigenvalue weighted by atomic mass is 19.3. The zero-order chi connectivity index (χ0) is 17.9. The molecule has 0 aliphatic carbocycles. The maximum absolute atomic E-state index is 13.3. The van der Waals surface area contributed by atoms with Gasteiger partial charge in [0.25, 0.3) is 0 Å². The molecule has 6 nitrogen and oxygen atoms in total. The fourth-order valence-corrected chi connectivity index (χ4v) is 3.56. The van der Waals surface area contributed by atoms with E-state index in [2.05, 4.69) is 19.8 Å². The molecule has 0 saturated carbocycles. The lowest BCUT2D eigenvalue weighted by Gasteiger charge is -2.16. The van der Waals surface area contributed by atoms with Crippen molar-refractivity contribution in [2.75, 3.05) is 0 Å². The Balaban J connectivity index is 1.66. The Morgan fingerprint density at radius 1 is 1.19 bits per heavy atom. The third kappa shape index (κ3) is 2.29. The molecule has 26 heavy (non-hydrogen) atoms. The molecule has 1 amide bonds.